The first-order valence-electron chi connectivity index (χ1n) is 8.10. The summed E-state index contributed by atoms with van der Waals surface area (Å²) in [5, 5.41) is 2.96. The smallest absolute Gasteiger partial charge is 0.258 e. The molecule has 1 amide bonds. The molecule has 0 saturated heterocycles. The zero-order chi connectivity index (χ0) is 18.4. The van der Waals surface area contributed by atoms with Gasteiger partial charge in [0.2, 0.25) is 0 Å². The van der Waals surface area contributed by atoms with Crippen molar-refractivity contribution in [2.45, 2.75) is 6.04 Å². The summed E-state index contributed by atoms with van der Waals surface area (Å²) in [6, 6.07) is 23.5. The summed E-state index contributed by atoms with van der Waals surface area (Å²) >= 11 is 3.19. The highest BCUT2D eigenvalue weighted by molar-refractivity contribution is 9.10. The molecule has 0 aliphatic rings. The first kappa shape index (κ1) is 18.1. The van der Waals surface area contributed by atoms with Crippen LogP contribution < -0.4 is 10.1 Å². The third kappa shape index (κ3) is 4.70. The van der Waals surface area contributed by atoms with E-state index in [1.807, 2.05) is 60.7 Å². The second-order valence-corrected chi connectivity index (χ2v) is 6.60. The molecule has 0 fully saturated rings. The molecule has 0 aromatic heterocycles. The Morgan fingerprint density at radius 1 is 0.962 bits per heavy atom. The lowest BCUT2D eigenvalue weighted by atomic mass is 9.99. The van der Waals surface area contributed by atoms with Gasteiger partial charge in [0, 0.05) is 4.47 Å². The Kier molecular flexibility index (Phi) is 6.02. The Morgan fingerprint density at radius 2 is 1.54 bits per heavy atom. The van der Waals surface area contributed by atoms with Crippen molar-refractivity contribution in [1.82, 2.24) is 5.32 Å². The van der Waals surface area contributed by atoms with Crippen LogP contribution in [0.25, 0.3) is 0 Å². The van der Waals surface area contributed by atoms with Crippen LogP contribution in [0.1, 0.15) is 17.2 Å². The van der Waals surface area contributed by atoms with Gasteiger partial charge in [-0.1, -0.05) is 76.6 Å². The number of halogens is 2. The SMILES string of the molecule is O=C(COc1ccc(Br)cc1F)NC(c1ccccc1)c1ccccc1. The minimum absolute atomic E-state index is 0.0410. The Morgan fingerprint density at radius 3 is 2.08 bits per heavy atom. The van der Waals surface area contributed by atoms with E-state index in [4.69, 9.17) is 4.74 Å². The summed E-state index contributed by atoms with van der Waals surface area (Å²) in [6.07, 6.45) is 0. The zero-order valence-electron chi connectivity index (χ0n) is 13.9. The number of carbonyl (C=O) groups excluding carboxylic acids is 1. The molecule has 0 saturated carbocycles. The van der Waals surface area contributed by atoms with E-state index in [0.29, 0.717) is 4.47 Å². The summed E-state index contributed by atoms with van der Waals surface area (Å²) in [4.78, 5) is 12.4. The molecule has 1 N–H and O–H groups in total. The van der Waals surface area contributed by atoms with Crippen molar-refractivity contribution in [2.24, 2.45) is 0 Å². The molecule has 0 aliphatic heterocycles. The fourth-order valence-corrected chi connectivity index (χ4v) is 2.92. The molecular weight excluding hydrogens is 397 g/mol. The fraction of sp³-hybridized carbons (Fsp3) is 0.0952. The van der Waals surface area contributed by atoms with Gasteiger partial charge >= 0.3 is 0 Å². The number of nitrogens with one attached hydrogen (secondary N) is 1. The molecule has 3 aromatic carbocycles. The summed E-state index contributed by atoms with van der Waals surface area (Å²) in [7, 11) is 0. The Bertz CT molecular complexity index is 832. The molecule has 5 heteroatoms. The van der Waals surface area contributed by atoms with Crippen LogP contribution in [-0.4, -0.2) is 12.5 Å². The number of carbonyl (C=O) groups is 1. The van der Waals surface area contributed by atoms with E-state index in [1.165, 1.54) is 12.1 Å². The van der Waals surface area contributed by atoms with Crippen molar-refractivity contribution in [3.05, 3.63) is 100 Å². The van der Waals surface area contributed by atoms with Crippen LogP contribution in [0, 0.1) is 5.82 Å². The summed E-state index contributed by atoms with van der Waals surface area (Å²) in [5.41, 5.74) is 1.92. The van der Waals surface area contributed by atoms with Crippen molar-refractivity contribution in [2.75, 3.05) is 6.61 Å². The lowest BCUT2D eigenvalue weighted by molar-refractivity contribution is -0.123. The lowest BCUT2D eigenvalue weighted by Gasteiger charge is -2.20. The predicted octanol–water partition coefficient (Wildman–Crippen LogP) is 4.87. The minimum atomic E-state index is -0.519. The summed E-state index contributed by atoms with van der Waals surface area (Å²) in [5.74, 6) is -0.806. The van der Waals surface area contributed by atoms with Gasteiger partial charge in [0.1, 0.15) is 0 Å². The van der Waals surface area contributed by atoms with Gasteiger partial charge in [-0.3, -0.25) is 4.79 Å². The van der Waals surface area contributed by atoms with Crippen molar-refractivity contribution >= 4 is 21.8 Å². The molecule has 0 heterocycles. The zero-order valence-corrected chi connectivity index (χ0v) is 15.4. The molecule has 0 unspecified atom stereocenters. The van der Waals surface area contributed by atoms with Gasteiger partial charge in [0.15, 0.2) is 18.2 Å². The van der Waals surface area contributed by atoms with Crippen molar-refractivity contribution in [3.8, 4) is 5.75 Å². The van der Waals surface area contributed by atoms with E-state index < -0.39 is 5.82 Å². The molecule has 3 aromatic rings. The molecule has 0 radical (unpaired) electrons. The number of benzene rings is 3. The largest absolute Gasteiger partial charge is 0.481 e. The maximum atomic E-state index is 13.8. The number of hydrogen-bond donors (Lipinski definition) is 1. The first-order chi connectivity index (χ1) is 12.6. The highest BCUT2D eigenvalue weighted by atomic mass is 79.9. The van der Waals surface area contributed by atoms with E-state index in [-0.39, 0.29) is 24.3 Å². The average molecular weight is 414 g/mol. The molecule has 0 atom stereocenters. The maximum absolute atomic E-state index is 13.8. The van der Waals surface area contributed by atoms with E-state index in [9.17, 15) is 9.18 Å². The second-order valence-electron chi connectivity index (χ2n) is 5.69. The van der Waals surface area contributed by atoms with E-state index in [2.05, 4.69) is 21.2 Å². The van der Waals surface area contributed by atoms with Crippen molar-refractivity contribution in [1.29, 1.82) is 0 Å². The number of rotatable bonds is 6. The Balaban J connectivity index is 1.71. The van der Waals surface area contributed by atoms with Gasteiger partial charge in [0.25, 0.3) is 5.91 Å². The number of ether oxygens (including phenoxy) is 1. The first-order valence-corrected chi connectivity index (χ1v) is 8.90. The molecule has 0 spiro atoms. The maximum Gasteiger partial charge on any atom is 0.258 e. The van der Waals surface area contributed by atoms with Crippen LogP contribution in [0.3, 0.4) is 0 Å². The van der Waals surface area contributed by atoms with Gasteiger partial charge in [-0.2, -0.15) is 0 Å². The molecule has 0 aliphatic carbocycles. The Labute approximate surface area is 159 Å². The second kappa shape index (κ2) is 8.63. The van der Waals surface area contributed by atoms with Gasteiger partial charge in [-0.25, -0.2) is 4.39 Å². The molecule has 3 rings (SSSR count). The quantitative estimate of drug-likeness (QED) is 0.625. The molecule has 132 valence electrons. The van der Waals surface area contributed by atoms with Gasteiger partial charge in [-0.05, 0) is 29.3 Å². The lowest BCUT2D eigenvalue weighted by Crippen LogP contribution is -2.33. The average Bonchev–Trinajstić information content (AvgIpc) is 2.67. The third-order valence-electron chi connectivity index (χ3n) is 3.82. The number of amides is 1. The molecular formula is C21H17BrFNO2. The van der Waals surface area contributed by atoms with Crippen molar-refractivity contribution < 1.29 is 13.9 Å². The number of hydrogen-bond acceptors (Lipinski definition) is 2. The Hall–Kier alpha value is -2.66. The van der Waals surface area contributed by atoms with Crippen LogP contribution in [0.15, 0.2) is 83.3 Å². The van der Waals surface area contributed by atoms with Gasteiger partial charge in [-0.15, -0.1) is 0 Å². The normalized spacial score (nSPS) is 10.6. The van der Waals surface area contributed by atoms with Crippen LogP contribution in [0.4, 0.5) is 4.39 Å². The van der Waals surface area contributed by atoms with Crippen LogP contribution in [-0.2, 0) is 4.79 Å². The van der Waals surface area contributed by atoms with Crippen LogP contribution in [0.5, 0.6) is 5.75 Å². The van der Waals surface area contributed by atoms with Crippen molar-refractivity contribution in [3.63, 3.8) is 0 Å². The van der Waals surface area contributed by atoms with Crippen LogP contribution >= 0.6 is 15.9 Å². The summed E-state index contributed by atoms with van der Waals surface area (Å²) < 4.78 is 19.7. The standard InChI is InChI=1S/C21H17BrFNO2/c22-17-11-12-19(18(23)13-17)26-14-20(25)24-21(15-7-3-1-4-8-15)16-9-5-2-6-10-16/h1-13,21H,14H2,(H,24,25). The van der Waals surface area contributed by atoms with E-state index in [1.54, 1.807) is 6.07 Å². The monoisotopic (exact) mass is 413 g/mol. The highest BCUT2D eigenvalue weighted by Crippen LogP contribution is 2.23. The molecule has 0 bridgehead atoms. The summed E-state index contributed by atoms with van der Waals surface area (Å²) in [6.45, 7) is -0.269. The fourth-order valence-electron chi connectivity index (χ4n) is 2.59. The predicted molar refractivity (Wildman–Crippen MR) is 102 cm³/mol. The minimum Gasteiger partial charge on any atom is -0.481 e. The van der Waals surface area contributed by atoms with Crippen LogP contribution in [0.2, 0.25) is 0 Å². The highest BCUT2D eigenvalue weighted by Gasteiger charge is 2.17. The third-order valence-corrected chi connectivity index (χ3v) is 4.32. The van der Waals surface area contributed by atoms with E-state index >= 15 is 0 Å². The van der Waals surface area contributed by atoms with E-state index in [0.717, 1.165) is 11.1 Å². The van der Waals surface area contributed by atoms with Gasteiger partial charge in [0.05, 0.1) is 6.04 Å². The molecule has 26 heavy (non-hydrogen) atoms. The van der Waals surface area contributed by atoms with Gasteiger partial charge < -0.3 is 10.1 Å². The molecule has 3 nitrogen and oxygen atoms in total. The topological polar surface area (TPSA) is 38.3 Å².